The van der Waals surface area contributed by atoms with Gasteiger partial charge in [-0.25, -0.2) is 8.42 Å². The van der Waals surface area contributed by atoms with Crippen LogP contribution in [0.3, 0.4) is 0 Å². The molecule has 0 bridgehead atoms. The van der Waals surface area contributed by atoms with E-state index < -0.39 is 10.0 Å². The van der Waals surface area contributed by atoms with E-state index in [-0.39, 0.29) is 11.7 Å². The number of sulfonamides is 1. The highest BCUT2D eigenvalue weighted by molar-refractivity contribution is 7.92. The van der Waals surface area contributed by atoms with E-state index in [2.05, 4.69) is 5.32 Å². The molecule has 1 amide bonds. The third-order valence-corrected chi connectivity index (χ3v) is 5.35. The van der Waals surface area contributed by atoms with Crippen LogP contribution in [0.1, 0.15) is 17.3 Å². The number of amides is 1. The molecule has 1 N–H and O–H groups in total. The molecule has 0 heterocycles. The Labute approximate surface area is 140 Å². The number of anilines is 2. The molecule has 0 aromatic heterocycles. The van der Waals surface area contributed by atoms with E-state index in [1.165, 1.54) is 17.4 Å². The van der Waals surface area contributed by atoms with Crippen LogP contribution in [0.15, 0.2) is 48.5 Å². The smallest absolute Gasteiger partial charge is 0.255 e. The molecule has 122 valence electrons. The average molecular weight is 353 g/mol. The molecule has 23 heavy (non-hydrogen) atoms. The van der Waals surface area contributed by atoms with Crippen LogP contribution in [0, 0.1) is 0 Å². The molecule has 0 atom stereocenters. The van der Waals surface area contributed by atoms with Crippen molar-refractivity contribution in [2.45, 2.75) is 6.92 Å². The van der Waals surface area contributed by atoms with Crippen molar-refractivity contribution >= 4 is 38.9 Å². The van der Waals surface area contributed by atoms with Gasteiger partial charge in [0.1, 0.15) is 0 Å². The highest BCUT2D eigenvalue weighted by Crippen LogP contribution is 2.20. The van der Waals surface area contributed by atoms with Gasteiger partial charge in [-0.15, -0.1) is 0 Å². The maximum atomic E-state index is 12.3. The molecule has 5 nitrogen and oxygen atoms in total. The molecule has 0 aliphatic rings. The van der Waals surface area contributed by atoms with Gasteiger partial charge in [-0.2, -0.15) is 0 Å². The molecule has 2 aromatic carbocycles. The largest absolute Gasteiger partial charge is 0.322 e. The van der Waals surface area contributed by atoms with Crippen LogP contribution in [-0.4, -0.2) is 27.1 Å². The van der Waals surface area contributed by atoms with Crippen LogP contribution in [0.5, 0.6) is 0 Å². The molecule has 0 aliphatic carbocycles. The van der Waals surface area contributed by atoms with Gasteiger partial charge in [-0.05, 0) is 43.3 Å². The fraction of sp³-hybridized carbons (Fsp3) is 0.188. The monoisotopic (exact) mass is 352 g/mol. The number of halogens is 1. The summed E-state index contributed by atoms with van der Waals surface area (Å²) in [7, 11) is -1.91. The SMILES string of the molecule is CCS(=O)(=O)N(C)c1cccc(C(=O)Nc2cccc(Cl)c2)c1. The molecule has 2 rings (SSSR count). The number of nitrogens with one attached hydrogen (secondary N) is 1. The molecule has 0 fully saturated rings. The van der Waals surface area contributed by atoms with Crippen molar-refractivity contribution in [2.75, 3.05) is 22.4 Å². The van der Waals surface area contributed by atoms with E-state index in [1.54, 1.807) is 49.4 Å². The summed E-state index contributed by atoms with van der Waals surface area (Å²) in [6.07, 6.45) is 0. The Morgan fingerprint density at radius 1 is 1.17 bits per heavy atom. The van der Waals surface area contributed by atoms with Crippen molar-refractivity contribution in [3.63, 3.8) is 0 Å². The van der Waals surface area contributed by atoms with Crippen LogP contribution in [0.4, 0.5) is 11.4 Å². The molecule has 0 unspecified atom stereocenters. The summed E-state index contributed by atoms with van der Waals surface area (Å²) in [6.45, 7) is 1.57. The first kappa shape index (κ1) is 17.3. The summed E-state index contributed by atoms with van der Waals surface area (Å²) in [5.74, 6) is -0.348. The number of carbonyl (C=O) groups excluding carboxylic acids is 1. The number of hydrogen-bond donors (Lipinski definition) is 1. The first-order valence-corrected chi connectivity index (χ1v) is 8.96. The summed E-state index contributed by atoms with van der Waals surface area (Å²) >= 11 is 5.88. The van der Waals surface area contributed by atoms with Crippen molar-refractivity contribution in [3.05, 3.63) is 59.1 Å². The second kappa shape index (κ2) is 7.02. The lowest BCUT2D eigenvalue weighted by atomic mass is 10.2. The van der Waals surface area contributed by atoms with Gasteiger partial charge in [0.15, 0.2) is 0 Å². The van der Waals surface area contributed by atoms with Crippen LogP contribution < -0.4 is 9.62 Å². The van der Waals surface area contributed by atoms with Crippen molar-refractivity contribution in [3.8, 4) is 0 Å². The Hall–Kier alpha value is -2.05. The van der Waals surface area contributed by atoms with Crippen molar-refractivity contribution in [1.29, 1.82) is 0 Å². The highest BCUT2D eigenvalue weighted by Gasteiger charge is 2.17. The molecular weight excluding hydrogens is 336 g/mol. The molecular formula is C16H17ClN2O3S. The molecule has 7 heteroatoms. The van der Waals surface area contributed by atoms with E-state index in [0.29, 0.717) is 22.0 Å². The van der Waals surface area contributed by atoms with Gasteiger partial charge in [0.05, 0.1) is 11.4 Å². The van der Waals surface area contributed by atoms with Crippen molar-refractivity contribution < 1.29 is 13.2 Å². The zero-order chi connectivity index (χ0) is 17.0. The maximum absolute atomic E-state index is 12.3. The zero-order valence-corrected chi connectivity index (χ0v) is 14.4. The minimum atomic E-state index is -3.37. The topological polar surface area (TPSA) is 66.5 Å². The Morgan fingerprint density at radius 3 is 2.52 bits per heavy atom. The normalized spacial score (nSPS) is 11.1. The Morgan fingerprint density at radius 2 is 1.87 bits per heavy atom. The van der Waals surface area contributed by atoms with E-state index in [9.17, 15) is 13.2 Å². The Kier molecular flexibility index (Phi) is 5.28. The molecule has 0 saturated carbocycles. The van der Waals surface area contributed by atoms with E-state index in [1.807, 2.05) is 0 Å². The first-order chi connectivity index (χ1) is 10.8. The number of hydrogen-bond acceptors (Lipinski definition) is 3. The van der Waals surface area contributed by atoms with Gasteiger partial charge in [-0.1, -0.05) is 23.7 Å². The fourth-order valence-corrected chi connectivity index (χ4v) is 2.98. The minimum Gasteiger partial charge on any atom is -0.322 e. The molecule has 0 saturated heterocycles. The van der Waals surface area contributed by atoms with Gasteiger partial charge in [0.2, 0.25) is 10.0 Å². The second-order valence-corrected chi connectivity index (χ2v) is 7.61. The lowest BCUT2D eigenvalue weighted by Crippen LogP contribution is -2.28. The van der Waals surface area contributed by atoms with Crippen molar-refractivity contribution in [2.24, 2.45) is 0 Å². The van der Waals surface area contributed by atoms with Crippen molar-refractivity contribution in [1.82, 2.24) is 0 Å². The average Bonchev–Trinajstić information content (AvgIpc) is 2.54. The summed E-state index contributed by atoms with van der Waals surface area (Å²) < 4.78 is 25.0. The standard InChI is InChI=1S/C16H17ClN2O3S/c1-3-23(21,22)19(2)15-9-4-6-12(10-15)16(20)18-14-8-5-7-13(17)11-14/h4-11H,3H2,1-2H3,(H,18,20). The van der Waals surface area contributed by atoms with E-state index >= 15 is 0 Å². The van der Waals surface area contributed by atoms with Crippen LogP contribution in [-0.2, 0) is 10.0 Å². The Balaban J connectivity index is 2.24. The molecule has 0 spiro atoms. The van der Waals surface area contributed by atoms with Crippen LogP contribution >= 0.6 is 11.6 Å². The predicted octanol–water partition coefficient (Wildman–Crippen LogP) is 3.38. The number of nitrogens with zero attached hydrogens (tertiary/aromatic N) is 1. The summed E-state index contributed by atoms with van der Waals surface area (Å²) in [4.78, 5) is 12.3. The van der Waals surface area contributed by atoms with Crippen LogP contribution in [0.25, 0.3) is 0 Å². The van der Waals surface area contributed by atoms with Gasteiger partial charge in [-0.3, -0.25) is 9.10 Å². The summed E-state index contributed by atoms with van der Waals surface area (Å²) in [5, 5.41) is 3.25. The third kappa shape index (κ3) is 4.24. The summed E-state index contributed by atoms with van der Waals surface area (Å²) in [5.41, 5.74) is 1.37. The number of rotatable bonds is 5. The third-order valence-electron chi connectivity index (χ3n) is 3.34. The summed E-state index contributed by atoms with van der Waals surface area (Å²) in [6, 6.07) is 13.2. The fourth-order valence-electron chi connectivity index (χ4n) is 1.97. The highest BCUT2D eigenvalue weighted by atomic mass is 35.5. The van der Waals surface area contributed by atoms with Gasteiger partial charge >= 0.3 is 0 Å². The second-order valence-electron chi connectivity index (χ2n) is 4.88. The first-order valence-electron chi connectivity index (χ1n) is 6.97. The maximum Gasteiger partial charge on any atom is 0.255 e. The zero-order valence-electron chi connectivity index (χ0n) is 12.8. The predicted molar refractivity (Wildman–Crippen MR) is 93.7 cm³/mol. The quantitative estimate of drug-likeness (QED) is 0.897. The van der Waals surface area contributed by atoms with Gasteiger partial charge in [0.25, 0.3) is 5.91 Å². The van der Waals surface area contributed by atoms with Gasteiger partial charge in [0, 0.05) is 23.3 Å². The lowest BCUT2D eigenvalue weighted by molar-refractivity contribution is 0.102. The molecule has 2 aromatic rings. The van der Waals surface area contributed by atoms with Crippen LogP contribution in [0.2, 0.25) is 5.02 Å². The van der Waals surface area contributed by atoms with E-state index in [0.717, 1.165) is 0 Å². The lowest BCUT2D eigenvalue weighted by Gasteiger charge is -2.19. The number of benzene rings is 2. The Bertz CT molecular complexity index is 822. The van der Waals surface area contributed by atoms with Gasteiger partial charge < -0.3 is 5.32 Å². The number of carbonyl (C=O) groups is 1. The molecule has 0 aliphatic heterocycles. The van der Waals surface area contributed by atoms with E-state index in [4.69, 9.17) is 11.6 Å². The molecule has 0 radical (unpaired) electrons. The minimum absolute atomic E-state index is 0.0115.